The Bertz CT molecular complexity index is 682. The zero-order valence-electron chi connectivity index (χ0n) is 15.8. The van der Waals surface area contributed by atoms with Crippen molar-refractivity contribution in [3.8, 4) is 0 Å². The van der Waals surface area contributed by atoms with E-state index < -0.39 is 0 Å². The van der Waals surface area contributed by atoms with Gasteiger partial charge in [-0.15, -0.1) is 23.7 Å². The molecule has 8 heteroatoms. The fourth-order valence-corrected chi connectivity index (χ4v) is 5.74. The van der Waals surface area contributed by atoms with E-state index >= 15 is 0 Å². The molecule has 4 heterocycles. The second kappa shape index (κ2) is 8.88. The number of amides is 2. The number of nitrogens with one attached hydrogen (secondary N) is 2. The largest absolute Gasteiger partial charge is 0.354 e. The van der Waals surface area contributed by atoms with E-state index in [1.165, 1.54) is 0 Å². The molecule has 2 bridgehead atoms. The minimum atomic E-state index is -0.293. The number of aromatic nitrogens is 1. The highest BCUT2D eigenvalue weighted by Crippen LogP contribution is 2.39. The van der Waals surface area contributed by atoms with Crippen LogP contribution in [0.25, 0.3) is 0 Å². The quantitative estimate of drug-likeness (QED) is 0.724. The van der Waals surface area contributed by atoms with Crippen molar-refractivity contribution in [3.63, 3.8) is 0 Å². The molecule has 1 aromatic heterocycles. The van der Waals surface area contributed by atoms with Gasteiger partial charge in [0, 0.05) is 49.0 Å². The van der Waals surface area contributed by atoms with E-state index in [1.54, 1.807) is 11.3 Å². The van der Waals surface area contributed by atoms with Gasteiger partial charge in [0.05, 0.1) is 5.01 Å². The average molecular weight is 413 g/mol. The lowest BCUT2D eigenvalue weighted by Gasteiger charge is -2.53. The molecule has 2 amide bonds. The van der Waals surface area contributed by atoms with Crippen molar-refractivity contribution in [2.75, 3.05) is 19.6 Å². The number of halogens is 1. The highest BCUT2D eigenvalue weighted by molar-refractivity contribution is 7.09. The number of piperidine rings is 3. The number of nitrogens with zero attached hydrogens (tertiary/aromatic N) is 2. The maximum Gasteiger partial charge on any atom is 0.243 e. The fourth-order valence-electron chi connectivity index (χ4n) is 4.92. The lowest BCUT2D eigenvalue weighted by molar-refractivity contribution is -0.157. The summed E-state index contributed by atoms with van der Waals surface area (Å²) < 4.78 is 0. The molecule has 4 rings (SSSR count). The second-order valence-electron chi connectivity index (χ2n) is 7.90. The van der Waals surface area contributed by atoms with Crippen LogP contribution >= 0.6 is 23.7 Å². The highest BCUT2D eigenvalue weighted by atomic mass is 35.5. The topological polar surface area (TPSA) is 74.3 Å². The molecule has 0 saturated carbocycles. The molecular weight excluding hydrogens is 384 g/mol. The Morgan fingerprint density at radius 3 is 3.00 bits per heavy atom. The van der Waals surface area contributed by atoms with Gasteiger partial charge < -0.3 is 15.5 Å². The van der Waals surface area contributed by atoms with Crippen molar-refractivity contribution < 1.29 is 9.59 Å². The van der Waals surface area contributed by atoms with Gasteiger partial charge in [-0.05, 0) is 45.1 Å². The Labute approximate surface area is 170 Å². The molecule has 0 aromatic carbocycles. The molecule has 27 heavy (non-hydrogen) atoms. The minimum absolute atomic E-state index is 0. The first-order valence-corrected chi connectivity index (χ1v) is 10.7. The van der Waals surface area contributed by atoms with E-state index in [-0.39, 0.29) is 42.2 Å². The normalized spacial score (nSPS) is 29.7. The monoisotopic (exact) mass is 412 g/mol. The van der Waals surface area contributed by atoms with Crippen LogP contribution in [0.1, 0.15) is 42.8 Å². The van der Waals surface area contributed by atoms with Crippen LogP contribution in [0, 0.1) is 18.8 Å². The molecule has 0 aliphatic carbocycles. The zero-order valence-corrected chi connectivity index (χ0v) is 17.4. The first-order valence-electron chi connectivity index (χ1n) is 9.84. The molecule has 3 fully saturated rings. The van der Waals surface area contributed by atoms with Crippen molar-refractivity contribution in [2.45, 2.75) is 57.5 Å². The van der Waals surface area contributed by atoms with Crippen LogP contribution in [0.15, 0.2) is 5.38 Å². The number of carbonyl (C=O) groups is 2. The van der Waals surface area contributed by atoms with Crippen LogP contribution in [-0.2, 0) is 16.0 Å². The van der Waals surface area contributed by atoms with Crippen LogP contribution in [0.4, 0.5) is 0 Å². The van der Waals surface area contributed by atoms with E-state index in [9.17, 15) is 9.59 Å². The van der Waals surface area contributed by atoms with E-state index in [1.807, 2.05) is 11.8 Å². The summed E-state index contributed by atoms with van der Waals surface area (Å²) >= 11 is 1.68. The number of rotatable bonds is 5. The van der Waals surface area contributed by atoms with Crippen molar-refractivity contribution in [1.29, 1.82) is 0 Å². The Morgan fingerprint density at radius 1 is 1.41 bits per heavy atom. The molecule has 3 aliphatic heterocycles. The predicted molar refractivity (Wildman–Crippen MR) is 108 cm³/mol. The maximum atomic E-state index is 13.0. The van der Waals surface area contributed by atoms with Gasteiger partial charge in [-0.1, -0.05) is 0 Å². The summed E-state index contributed by atoms with van der Waals surface area (Å²) in [7, 11) is 0. The van der Waals surface area contributed by atoms with Crippen LogP contribution in [0.3, 0.4) is 0 Å². The molecular formula is C19H29ClN4O2S. The average Bonchev–Trinajstić information content (AvgIpc) is 3.05. The summed E-state index contributed by atoms with van der Waals surface area (Å²) in [5, 5.41) is 9.77. The molecule has 4 atom stereocenters. The molecule has 1 aromatic rings. The summed E-state index contributed by atoms with van der Waals surface area (Å²) in [5.41, 5.74) is 1.06. The van der Waals surface area contributed by atoms with Gasteiger partial charge in [0.1, 0.15) is 6.04 Å². The Balaban J connectivity index is 0.00000210. The van der Waals surface area contributed by atoms with Gasteiger partial charge >= 0.3 is 0 Å². The molecule has 150 valence electrons. The predicted octanol–water partition coefficient (Wildman–Crippen LogP) is 1.91. The van der Waals surface area contributed by atoms with Crippen molar-refractivity contribution in [2.24, 2.45) is 11.8 Å². The van der Waals surface area contributed by atoms with Crippen molar-refractivity contribution >= 4 is 35.6 Å². The number of thiazole rings is 1. The van der Waals surface area contributed by atoms with Crippen molar-refractivity contribution in [3.05, 3.63) is 16.1 Å². The van der Waals surface area contributed by atoms with E-state index in [0.717, 1.165) is 55.9 Å². The Hall–Kier alpha value is -1.18. The van der Waals surface area contributed by atoms with E-state index in [2.05, 4.69) is 21.0 Å². The molecule has 2 N–H and O–H groups in total. The first kappa shape index (κ1) is 20.6. The van der Waals surface area contributed by atoms with Crippen LogP contribution in [0.2, 0.25) is 0 Å². The fraction of sp³-hybridized carbons (Fsp3) is 0.737. The summed E-state index contributed by atoms with van der Waals surface area (Å²) in [6.45, 7) is 4.46. The number of fused-ring (bicyclic) bond motifs is 4. The third-order valence-electron chi connectivity index (χ3n) is 6.05. The number of hydrogen-bond acceptors (Lipinski definition) is 5. The standard InChI is InChI=1S/C19H28N4O2S.ClH/c1-12-11-26-16(22-12)5-3-7-21-19(25)18-14-8-13(9-20-10-14)15-4-2-6-17(24)23(15)18;/h11,13-15,18,20H,2-10H2,1H3,(H,21,25);1H/t13-,14+,15+,18-;/m1./s1. The molecule has 3 saturated heterocycles. The van der Waals surface area contributed by atoms with E-state index in [4.69, 9.17) is 0 Å². The Kier molecular flexibility index (Phi) is 6.76. The summed E-state index contributed by atoms with van der Waals surface area (Å²) in [5.74, 6) is 0.966. The lowest BCUT2D eigenvalue weighted by atomic mass is 9.72. The second-order valence-corrected chi connectivity index (χ2v) is 8.84. The third-order valence-corrected chi connectivity index (χ3v) is 7.07. The number of aryl methyl sites for hydroxylation is 2. The maximum absolute atomic E-state index is 13.0. The molecule has 0 spiro atoms. The summed E-state index contributed by atoms with van der Waals surface area (Å²) in [6, 6.07) is -0.0479. The van der Waals surface area contributed by atoms with E-state index in [0.29, 0.717) is 18.9 Å². The summed E-state index contributed by atoms with van der Waals surface area (Å²) in [4.78, 5) is 32.0. The molecule has 0 radical (unpaired) electrons. The van der Waals surface area contributed by atoms with Gasteiger partial charge in [-0.2, -0.15) is 0 Å². The number of hydrogen-bond donors (Lipinski definition) is 2. The molecule has 6 nitrogen and oxygen atoms in total. The third kappa shape index (κ3) is 4.30. The molecule has 0 unspecified atom stereocenters. The number of carbonyl (C=O) groups excluding carboxylic acids is 2. The van der Waals surface area contributed by atoms with Crippen molar-refractivity contribution in [1.82, 2.24) is 20.5 Å². The molecule has 3 aliphatic rings. The smallest absolute Gasteiger partial charge is 0.243 e. The lowest BCUT2D eigenvalue weighted by Crippen LogP contribution is -2.68. The van der Waals surface area contributed by atoms with Gasteiger partial charge in [-0.25, -0.2) is 4.98 Å². The van der Waals surface area contributed by atoms with Crippen LogP contribution < -0.4 is 10.6 Å². The highest BCUT2D eigenvalue weighted by Gasteiger charge is 2.50. The zero-order chi connectivity index (χ0) is 18.1. The van der Waals surface area contributed by atoms with Gasteiger partial charge in [0.15, 0.2) is 0 Å². The minimum Gasteiger partial charge on any atom is -0.354 e. The Morgan fingerprint density at radius 2 is 2.22 bits per heavy atom. The van der Waals surface area contributed by atoms with Gasteiger partial charge in [0.25, 0.3) is 0 Å². The first-order chi connectivity index (χ1) is 12.6. The summed E-state index contributed by atoms with van der Waals surface area (Å²) in [6.07, 6.45) is 5.44. The van der Waals surface area contributed by atoms with Gasteiger partial charge in [0.2, 0.25) is 11.8 Å². The van der Waals surface area contributed by atoms with Gasteiger partial charge in [-0.3, -0.25) is 9.59 Å². The SMILES string of the molecule is Cc1csc(CCCNC(=O)[C@H]2[C@@H]3CNC[C@@H](C3)[C@@H]3CCCC(=O)N32)n1.Cl. The van der Waals surface area contributed by atoms with Crippen LogP contribution in [0.5, 0.6) is 0 Å². The van der Waals surface area contributed by atoms with Crippen LogP contribution in [-0.4, -0.2) is 53.4 Å².